The highest BCUT2D eigenvalue weighted by atomic mass is 15.2. The molecule has 0 aliphatic carbocycles. The molecule has 1 aromatic heterocycles. The lowest BCUT2D eigenvalue weighted by Crippen LogP contribution is -2.24. The van der Waals surface area contributed by atoms with E-state index < -0.39 is 0 Å². The van der Waals surface area contributed by atoms with Gasteiger partial charge in [0.1, 0.15) is 5.82 Å². The number of nitrogens with two attached hydrogens (primary N) is 1. The first-order valence-corrected chi connectivity index (χ1v) is 7.34. The minimum atomic E-state index is 0.792. The first-order chi connectivity index (χ1) is 9.72. The molecule has 4 nitrogen and oxygen atoms in total. The van der Waals surface area contributed by atoms with Crippen LogP contribution in [0.25, 0.3) is 11.4 Å². The number of anilines is 1. The highest BCUT2D eigenvalue weighted by Gasteiger charge is 2.13. The van der Waals surface area contributed by atoms with Gasteiger partial charge in [0.25, 0.3) is 0 Å². The second-order valence-electron chi connectivity index (χ2n) is 5.57. The third-order valence-corrected chi connectivity index (χ3v) is 3.92. The summed E-state index contributed by atoms with van der Waals surface area (Å²) in [5.41, 5.74) is 8.75. The Balaban J connectivity index is 1.78. The van der Waals surface area contributed by atoms with Crippen molar-refractivity contribution in [2.45, 2.75) is 26.3 Å². The summed E-state index contributed by atoms with van der Waals surface area (Å²) in [5.74, 6) is 1.04. The molecule has 0 spiro atoms. The average molecular weight is 270 g/mol. The second-order valence-corrected chi connectivity index (χ2v) is 5.57. The van der Waals surface area contributed by atoms with Gasteiger partial charge in [-0.15, -0.1) is 0 Å². The Morgan fingerprint density at radius 3 is 2.50 bits per heavy atom. The largest absolute Gasteiger partial charge is 0.399 e. The molecule has 0 saturated carbocycles. The fourth-order valence-electron chi connectivity index (χ4n) is 2.84. The van der Waals surface area contributed by atoms with Gasteiger partial charge in [0, 0.05) is 30.5 Å². The van der Waals surface area contributed by atoms with Gasteiger partial charge in [-0.1, -0.05) is 0 Å². The minimum absolute atomic E-state index is 0.792. The maximum absolute atomic E-state index is 5.76. The number of benzene rings is 1. The normalized spacial score (nSPS) is 15.8. The number of imidazole rings is 1. The van der Waals surface area contributed by atoms with Gasteiger partial charge in [-0.2, -0.15) is 0 Å². The Morgan fingerprint density at radius 1 is 1.10 bits per heavy atom. The van der Waals surface area contributed by atoms with E-state index in [2.05, 4.69) is 20.6 Å². The number of likely N-dealkylation sites (tertiary alicyclic amines) is 1. The molecule has 1 saturated heterocycles. The van der Waals surface area contributed by atoms with Crippen molar-refractivity contribution in [1.82, 2.24) is 14.5 Å². The molecule has 0 amide bonds. The molecule has 0 atom stereocenters. The van der Waals surface area contributed by atoms with Gasteiger partial charge in [0.15, 0.2) is 0 Å². The molecule has 1 aliphatic heterocycles. The van der Waals surface area contributed by atoms with E-state index >= 15 is 0 Å². The summed E-state index contributed by atoms with van der Waals surface area (Å²) in [6, 6.07) is 7.96. The van der Waals surface area contributed by atoms with E-state index in [0.29, 0.717) is 0 Å². The van der Waals surface area contributed by atoms with Crippen molar-refractivity contribution in [3.05, 3.63) is 36.2 Å². The zero-order valence-electron chi connectivity index (χ0n) is 12.0. The van der Waals surface area contributed by atoms with E-state index in [1.165, 1.54) is 25.9 Å². The smallest absolute Gasteiger partial charge is 0.140 e. The fraction of sp³-hybridized carbons (Fsp3) is 0.438. The van der Waals surface area contributed by atoms with Crippen molar-refractivity contribution in [2.24, 2.45) is 0 Å². The Morgan fingerprint density at radius 2 is 1.80 bits per heavy atom. The van der Waals surface area contributed by atoms with Crippen LogP contribution in [0.3, 0.4) is 0 Å². The Labute approximate surface area is 120 Å². The summed E-state index contributed by atoms with van der Waals surface area (Å²) in [6.45, 7) is 6.64. The number of nitrogen functional groups attached to an aromatic ring is 1. The fourth-order valence-corrected chi connectivity index (χ4v) is 2.84. The van der Waals surface area contributed by atoms with Crippen molar-refractivity contribution in [3.8, 4) is 11.4 Å². The Hall–Kier alpha value is -1.81. The van der Waals surface area contributed by atoms with Gasteiger partial charge in [-0.3, -0.25) is 0 Å². The number of hydrogen-bond donors (Lipinski definition) is 1. The van der Waals surface area contributed by atoms with E-state index in [1.807, 2.05) is 31.2 Å². The molecular weight excluding hydrogens is 248 g/mol. The lowest BCUT2D eigenvalue weighted by Gasteiger charge is -2.16. The molecule has 106 valence electrons. The maximum Gasteiger partial charge on any atom is 0.140 e. The number of aryl methyl sites for hydroxylation is 1. The first-order valence-electron chi connectivity index (χ1n) is 7.34. The number of rotatable bonds is 4. The van der Waals surface area contributed by atoms with Gasteiger partial charge < -0.3 is 15.2 Å². The molecule has 2 heterocycles. The number of nitrogens with zero attached hydrogens (tertiary/aromatic N) is 3. The third kappa shape index (κ3) is 2.85. The number of aromatic nitrogens is 2. The summed E-state index contributed by atoms with van der Waals surface area (Å²) in [6.07, 6.45) is 4.82. The first kappa shape index (κ1) is 13.2. The summed E-state index contributed by atoms with van der Waals surface area (Å²) in [4.78, 5) is 7.19. The molecule has 0 radical (unpaired) electrons. The molecule has 20 heavy (non-hydrogen) atoms. The van der Waals surface area contributed by atoms with E-state index in [1.54, 1.807) is 0 Å². The zero-order chi connectivity index (χ0) is 13.9. The Bertz CT molecular complexity index is 565. The van der Waals surface area contributed by atoms with Crippen LogP contribution >= 0.6 is 0 Å². The SMILES string of the molecule is Cc1cn(CCN2CCCC2)c(-c2ccc(N)cc2)n1. The number of hydrogen-bond acceptors (Lipinski definition) is 3. The van der Waals surface area contributed by atoms with Crippen molar-refractivity contribution >= 4 is 5.69 Å². The van der Waals surface area contributed by atoms with E-state index in [0.717, 1.165) is 35.9 Å². The van der Waals surface area contributed by atoms with Crippen LogP contribution in [0.1, 0.15) is 18.5 Å². The van der Waals surface area contributed by atoms with Gasteiger partial charge in [0.2, 0.25) is 0 Å². The topological polar surface area (TPSA) is 47.1 Å². The standard InChI is InChI=1S/C16H22N4/c1-13-12-20(11-10-19-8-2-3-9-19)16(18-13)14-4-6-15(17)7-5-14/h4-7,12H,2-3,8-11,17H2,1H3. The van der Waals surface area contributed by atoms with Crippen molar-refractivity contribution in [2.75, 3.05) is 25.4 Å². The quantitative estimate of drug-likeness (QED) is 0.868. The van der Waals surface area contributed by atoms with Crippen LogP contribution in [0, 0.1) is 6.92 Å². The van der Waals surface area contributed by atoms with Gasteiger partial charge in [-0.25, -0.2) is 4.98 Å². The zero-order valence-corrected chi connectivity index (χ0v) is 12.0. The van der Waals surface area contributed by atoms with E-state index in [-0.39, 0.29) is 0 Å². The minimum Gasteiger partial charge on any atom is -0.399 e. The lowest BCUT2D eigenvalue weighted by molar-refractivity contribution is 0.323. The molecule has 1 aliphatic rings. The predicted molar refractivity (Wildman–Crippen MR) is 82.5 cm³/mol. The average Bonchev–Trinajstić information content (AvgIpc) is 3.06. The monoisotopic (exact) mass is 270 g/mol. The van der Waals surface area contributed by atoms with E-state index in [4.69, 9.17) is 5.73 Å². The molecular formula is C16H22N4. The molecule has 2 aromatic rings. The molecule has 3 rings (SSSR count). The summed E-state index contributed by atoms with van der Waals surface area (Å²) >= 11 is 0. The Kier molecular flexibility index (Phi) is 3.74. The van der Waals surface area contributed by atoms with Crippen molar-refractivity contribution in [3.63, 3.8) is 0 Å². The van der Waals surface area contributed by atoms with Crippen LogP contribution < -0.4 is 5.73 Å². The van der Waals surface area contributed by atoms with Crippen molar-refractivity contribution in [1.29, 1.82) is 0 Å². The summed E-state index contributed by atoms with van der Waals surface area (Å²) in [5, 5.41) is 0. The van der Waals surface area contributed by atoms with Crippen LogP contribution in [0.4, 0.5) is 5.69 Å². The van der Waals surface area contributed by atoms with Gasteiger partial charge in [-0.05, 0) is 57.1 Å². The van der Waals surface area contributed by atoms with Crippen LogP contribution in [0.15, 0.2) is 30.5 Å². The van der Waals surface area contributed by atoms with Gasteiger partial charge >= 0.3 is 0 Å². The maximum atomic E-state index is 5.76. The summed E-state index contributed by atoms with van der Waals surface area (Å²) in [7, 11) is 0. The lowest BCUT2D eigenvalue weighted by atomic mass is 10.2. The second kappa shape index (κ2) is 5.67. The molecule has 1 aromatic carbocycles. The molecule has 1 fully saturated rings. The van der Waals surface area contributed by atoms with Crippen LogP contribution in [0.5, 0.6) is 0 Å². The van der Waals surface area contributed by atoms with Crippen LogP contribution in [-0.4, -0.2) is 34.1 Å². The molecule has 0 unspecified atom stereocenters. The third-order valence-electron chi connectivity index (χ3n) is 3.92. The van der Waals surface area contributed by atoms with E-state index in [9.17, 15) is 0 Å². The van der Waals surface area contributed by atoms with Crippen molar-refractivity contribution < 1.29 is 0 Å². The van der Waals surface area contributed by atoms with Crippen LogP contribution in [0.2, 0.25) is 0 Å². The predicted octanol–water partition coefficient (Wildman–Crippen LogP) is 2.54. The van der Waals surface area contributed by atoms with Gasteiger partial charge in [0.05, 0.1) is 5.69 Å². The molecule has 0 bridgehead atoms. The molecule has 4 heteroatoms. The molecule has 2 N–H and O–H groups in total. The summed E-state index contributed by atoms with van der Waals surface area (Å²) < 4.78 is 2.26. The highest BCUT2D eigenvalue weighted by Crippen LogP contribution is 2.20. The highest BCUT2D eigenvalue weighted by molar-refractivity contribution is 5.59. The van der Waals surface area contributed by atoms with Crippen LogP contribution in [-0.2, 0) is 6.54 Å².